The summed E-state index contributed by atoms with van der Waals surface area (Å²) in [6, 6.07) is 10.4. The quantitative estimate of drug-likeness (QED) is 0.526. The molecule has 1 fully saturated rings. The zero-order valence-electron chi connectivity index (χ0n) is 17.0. The molecule has 158 valence electrons. The Hall–Kier alpha value is -3.55. The largest absolute Gasteiger partial charge is 0.493 e. The van der Waals surface area contributed by atoms with Crippen molar-refractivity contribution in [3.63, 3.8) is 0 Å². The van der Waals surface area contributed by atoms with Crippen LogP contribution in [0.2, 0.25) is 0 Å². The van der Waals surface area contributed by atoms with Gasteiger partial charge in [0.1, 0.15) is 5.56 Å². The van der Waals surface area contributed by atoms with Gasteiger partial charge in [0.05, 0.1) is 14.2 Å². The van der Waals surface area contributed by atoms with Crippen molar-refractivity contribution in [2.24, 2.45) is 0 Å². The summed E-state index contributed by atoms with van der Waals surface area (Å²) < 4.78 is 15.4. The maximum atomic E-state index is 12.5. The Balaban J connectivity index is 1.62. The zero-order chi connectivity index (χ0) is 21.5. The number of hydrogen-bond acceptors (Lipinski definition) is 7. The van der Waals surface area contributed by atoms with E-state index in [0.717, 1.165) is 18.8 Å². The first-order valence-electron chi connectivity index (χ1n) is 9.59. The number of aldehydes is 1. The Bertz CT molecular complexity index is 920. The normalized spacial score (nSPS) is 12.9. The van der Waals surface area contributed by atoms with Gasteiger partial charge in [0, 0.05) is 30.0 Å². The first kappa shape index (κ1) is 21.2. The van der Waals surface area contributed by atoms with Gasteiger partial charge in [-0.05, 0) is 49.2 Å². The molecular weight excluding hydrogens is 388 g/mol. The summed E-state index contributed by atoms with van der Waals surface area (Å²) in [5.74, 6) is -0.998. The second kappa shape index (κ2) is 9.78. The van der Waals surface area contributed by atoms with Crippen LogP contribution in [0.25, 0.3) is 0 Å². The number of nitrogens with zero attached hydrogens (tertiary/aromatic N) is 1. The highest BCUT2D eigenvalue weighted by Crippen LogP contribution is 2.33. The average Bonchev–Trinajstić information content (AvgIpc) is 3.31. The number of hydrogen-bond donors (Lipinski definition) is 1. The Morgan fingerprint density at radius 1 is 1.03 bits per heavy atom. The highest BCUT2D eigenvalue weighted by atomic mass is 16.5. The van der Waals surface area contributed by atoms with Crippen LogP contribution in [0.5, 0.6) is 11.5 Å². The number of ether oxygens (including phenoxy) is 3. The van der Waals surface area contributed by atoms with Gasteiger partial charge in [-0.2, -0.15) is 0 Å². The van der Waals surface area contributed by atoms with Gasteiger partial charge < -0.3 is 24.4 Å². The smallest absolute Gasteiger partial charge is 0.343 e. The number of carbonyl (C=O) groups excluding carboxylic acids is 3. The molecule has 8 nitrogen and oxygen atoms in total. The topological polar surface area (TPSA) is 94.2 Å². The van der Waals surface area contributed by atoms with E-state index >= 15 is 0 Å². The number of rotatable bonds is 8. The summed E-state index contributed by atoms with van der Waals surface area (Å²) in [7, 11) is 2.76. The number of anilines is 2. The molecule has 1 aliphatic heterocycles. The molecule has 1 aliphatic rings. The van der Waals surface area contributed by atoms with Crippen LogP contribution < -0.4 is 19.7 Å². The van der Waals surface area contributed by atoms with Crippen LogP contribution in [0.4, 0.5) is 11.4 Å². The third-order valence-electron chi connectivity index (χ3n) is 4.87. The lowest BCUT2D eigenvalue weighted by molar-refractivity contribution is -0.119. The summed E-state index contributed by atoms with van der Waals surface area (Å²) in [6.45, 7) is 1.57. The SMILES string of the molecule is COc1ccc(C=O)c(C(=O)OCC(=O)Nc2ccc(N3CCCC3)cc2)c1OC. The van der Waals surface area contributed by atoms with Gasteiger partial charge in [0.2, 0.25) is 0 Å². The minimum Gasteiger partial charge on any atom is -0.493 e. The molecule has 1 saturated heterocycles. The van der Waals surface area contributed by atoms with E-state index in [1.807, 2.05) is 24.3 Å². The van der Waals surface area contributed by atoms with E-state index in [1.54, 1.807) is 0 Å². The molecular formula is C22H24N2O6. The Morgan fingerprint density at radius 3 is 2.33 bits per heavy atom. The van der Waals surface area contributed by atoms with Crippen LogP contribution >= 0.6 is 0 Å². The molecule has 1 N–H and O–H groups in total. The number of methoxy groups -OCH3 is 2. The van der Waals surface area contributed by atoms with Crippen LogP contribution in [-0.4, -0.2) is 52.1 Å². The molecule has 0 spiro atoms. The molecule has 0 radical (unpaired) electrons. The van der Waals surface area contributed by atoms with Gasteiger partial charge in [-0.3, -0.25) is 9.59 Å². The molecule has 0 bridgehead atoms. The van der Waals surface area contributed by atoms with Crippen molar-refractivity contribution in [2.45, 2.75) is 12.8 Å². The molecule has 1 amide bonds. The molecule has 0 unspecified atom stereocenters. The van der Waals surface area contributed by atoms with Crippen LogP contribution in [0, 0.1) is 0 Å². The van der Waals surface area contributed by atoms with E-state index in [2.05, 4.69) is 10.2 Å². The Kier molecular flexibility index (Phi) is 6.90. The van der Waals surface area contributed by atoms with E-state index in [9.17, 15) is 14.4 Å². The fraction of sp³-hybridized carbons (Fsp3) is 0.318. The minimum atomic E-state index is -0.854. The van der Waals surface area contributed by atoms with Crippen molar-refractivity contribution in [3.05, 3.63) is 47.5 Å². The second-order valence-corrected chi connectivity index (χ2v) is 6.75. The van der Waals surface area contributed by atoms with Gasteiger partial charge in [-0.25, -0.2) is 4.79 Å². The average molecular weight is 412 g/mol. The van der Waals surface area contributed by atoms with Gasteiger partial charge in [0.15, 0.2) is 24.4 Å². The monoisotopic (exact) mass is 412 g/mol. The van der Waals surface area contributed by atoms with Gasteiger partial charge in [-0.1, -0.05) is 0 Å². The maximum absolute atomic E-state index is 12.5. The fourth-order valence-electron chi connectivity index (χ4n) is 3.38. The zero-order valence-corrected chi connectivity index (χ0v) is 17.0. The van der Waals surface area contributed by atoms with Gasteiger partial charge >= 0.3 is 5.97 Å². The van der Waals surface area contributed by atoms with E-state index in [4.69, 9.17) is 14.2 Å². The summed E-state index contributed by atoms with van der Waals surface area (Å²) in [4.78, 5) is 38.3. The Labute approximate surface area is 174 Å². The molecule has 0 aliphatic carbocycles. The molecule has 30 heavy (non-hydrogen) atoms. The van der Waals surface area contributed by atoms with Crippen LogP contribution in [0.1, 0.15) is 33.6 Å². The fourth-order valence-corrected chi connectivity index (χ4v) is 3.38. The lowest BCUT2D eigenvalue weighted by Gasteiger charge is -2.17. The summed E-state index contributed by atoms with van der Waals surface area (Å²) in [6.07, 6.45) is 2.89. The second-order valence-electron chi connectivity index (χ2n) is 6.75. The summed E-state index contributed by atoms with van der Waals surface area (Å²) >= 11 is 0. The van der Waals surface area contributed by atoms with E-state index in [0.29, 0.717) is 12.0 Å². The Morgan fingerprint density at radius 2 is 1.73 bits per heavy atom. The highest BCUT2D eigenvalue weighted by Gasteiger charge is 2.23. The standard InChI is InChI=1S/C22H24N2O6/c1-28-18-10-5-15(13-25)20(21(18)29-2)22(27)30-14-19(26)23-16-6-8-17(9-7-16)24-11-3-4-12-24/h5-10,13H,3-4,11-12,14H2,1-2H3,(H,23,26). The molecule has 8 heteroatoms. The predicted molar refractivity (Wildman–Crippen MR) is 112 cm³/mol. The highest BCUT2D eigenvalue weighted by molar-refractivity contribution is 6.03. The third kappa shape index (κ3) is 4.71. The molecule has 0 saturated carbocycles. The van der Waals surface area contributed by atoms with Crippen LogP contribution in [0.15, 0.2) is 36.4 Å². The number of esters is 1. The van der Waals surface area contributed by atoms with Gasteiger partial charge in [0.25, 0.3) is 5.91 Å². The first-order chi connectivity index (χ1) is 14.6. The lowest BCUT2D eigenvalue weighted by Crippen LogP contribution is -2.22. The molecule has 2 aromatic rings. The van der Waals surface area contributed by atoms with E-state index in [-0.39, 0.29) is 22.6 Å². The van der Waals surface area contributed by atoms with Crippen LogP contribution in [-0.2, 0) is 9.53 Å². The van der Waals surface area contributed by atoms with Crippen molar-refractivity contribution in [1.29, 1.82) is 0 Å². The number of amides is 1. The van der Waals surface area contributed by atoms with Crippen molar-refractivity contribution in [1.82, 2.24) is 0 Å². The van der Waals surface area contributed by atoms with Crippen LogP contribution in [0.3, 0.4) is 0 Å². The first-order valence-corrected chi connectivity index (χ1v) is 9.59. The van der Waals surface area contributed by atoms with Crippen molar-refractivity contribution in [3.8, 4) is 11.5 Å². The summed E-state index contributed by atoms with van der Waals surface area (Å²) in [5, 5.41) is 2.69. The minimum absolute atomic E-state index is 0.0741. The number of nitrogens with one attached hydrogen (secondary N) is 1. The summed E-state index contributed by atoms with van der Waals surface area (Å²) in [5.41, 5.74) is 1.71. The van der Waals surface area contributed by atoms with E-state index in [1.165, 1.54) is 39.2 Å². The predicted octanol–water partition coefficient (Wildman–Crippen LogP) is 2.91. The van der Waals surface area contributed by atoms with Crippen molar-refractivity contribution in [2.75, 3.05) is 44.1 Å². The number of carbonyl (C=O) groups is 3. The molecule has 0 atom stereocenters. The van der Waals surface area contributed by atoms with Crippen molar-refractivity contribution < 1.29 is 28.6 Å². The number of benzene rings is 2. The molecule has 3 rings (SSSR count). The maximum Gasteiger partial charge on any atom is 0.343 e. The third-order valence-corrected chi connectivity index (χ3v) is 4.87. The van der Waals surface area contributed by atoms with E-state index < -0.39 is 18.5 Å². The lowest BCUT2D eigenvalue weighted by atomic mass is 10.1. The van der Waals surface area contributed by atoms with Gasteiger partial charge in [-0.15, -0.1) is 0 Å². The van der Waals surface area contributed by atoms with Crippen molar-refractivity contribution >= 4 is 29.5 Å². The molecule has 0 aromatic heterocycles. The molecule has 1 heterocycles. The molecule has 2 aromatic carbocycles.